The van der Waals surface area contributed by atoms with E-state index in [0.29, 0.717) is 47.8 Å². The van der Waals surface area contributed by atoms with E-state index in [0.717, 1.165) is 32.1 Å². The lowest BCUT2D eigenvalue weighted by Crippen LogP contribution is -2.62. The van der Waals surface area contributed by atoms with Gasteiger partial charge in [-0.15, -0.1) is 0 Å². The minimum absolute atomic E-state index is 0.197. The zero-order chi connectivity index (χ0) is 22.6. The molecule has 11 atom stereocenters. The normalized spacial score (nSPS) is 50.2. The number of carbonyl (C=O) groups excluding carboxylic acids is 1. The molecule has 31 heavy (non-hydrogen) atoms. The predicted octanol–water partition coefficient (Wildman–Crippen LogP) is 4.53. The number of fused-ring (bicyclic) bond motifs is 5. The molecule has 0 radical (unpaired) electrons. The second-order valence-electron chi connectivity index (χ2n) is 12.2. The van der Waals surface area contributed by atoms with Crippen LogP contribution in [0.25, 0.3) is 0 Å². The van der Waals surface area contributed by atoms with Crippen molar-refractivity contribution >= 4 is 5.91 Å². The Hall–Kier alpha value is -0.650. The fourth-order valence-corrected chi connectivity index (χ4v) is 9.55. The van der Waals surface area contributed by atoms with Crippen LogP contribution >= 0.6 is 0 Å². The van der Waals surface area contributed by atoms with Crippen molar-refractivity contribution in [1.29, 1.82) is 0 Å². The summed E-state index contributed by atoms with van der Waals surface area (Å²) in [5.74, 6) is 2.97. The average molecular weight is 436 g/mol. The smallest absolute Gasteiger partial charge is 0.243 e. The quantitative estimate of drug-likeness (QED) is 0.377. The molecule has 0 spiro atoms. The molecule has 5 nitrogen and oxygen atoms in total. The van der Waals surface area contributed by atoms with E-state index in [4.69, 9.17) is 5.21 Å². The van der Waals surface area contributed by atoms with Gasteiger partial charge in [-0.1, -0.05) is 34.1 Å². The Morgan fingerprint density at radius 2 is 1.71 bits per heavy atom. The fraction of sp³-hybridized carbons (Fsp3) is 0.962. The van der Waals surface area contributed by atoms with Gasteiger partial charge in [0, 0.05) is 6.42 Å². The Balaban J connectivity index is 1.58. The lowest BCUT2D eigenvalue weighted by atomic mass is 9.41. The molecule has 0 aliphatic heterocycles. The van der Waals surface area contributed by atoms with Gasteiger partial charge in [-0.25, -0.2) is 5.48 Å². The molecule has 0 heterocycles. The minimum atomic E-state index is -0.290. The largest absolute Gasteiger partial charge is 0.393 e. The maximum Gasteiger partial charge on any atom is 0.243 e. The van der Waals surface area contributed by atoms with Crippen LogP contribution in [0.2, 0.25) is 0 Å². The third kappa shape index (κ3) is 3.67. The first-order valence-corrected chi connectivity index (χ1v) is 13.0. The maximum absolute atomic E-state index is 11.7. The Kier molecular flexibility index (Phi) is 6.53. The van der Waals surface area contributed by atoms with E-state index < -0.39 is 0 Å². The standard InChI is InChI=1S/C26H45NO4/c1-5-17-21-14-16(28)10-12-26(21,4)20-11-13-25(3)18(15(2)6-9-22(29)27-31)7-8-19(25)23(20)24(17)30/h15-21,23-24,28,30-31H,5-14H2,1-4H3,(H,27,29)/t15?,16-,17-,18?,19?,20?,21+,23?,24-,25-,26-/m1/s1. The lowest BCUT2D eigenvalue weighted by Gasteiger charge is -2.64. The van der Waals surface area contributed by atoms with Gasteiger partial charge >= 0.3 is 0 Å². The molecule has 1 amide bonds. The summed E-state index contributed by atoms with van der Waals surface area (Å²) in [6.45, 7) is 9.46. The van der Waals surface area contributed by atoms with Gasteiger partial charge < -0.3 is 10.2 Å². The molecule has 4 aliphatic carbocycles. The molecule has 4 aliphatic rings. The Morgan fingerprint density at radius 1 is 1.03 bits per heavy atom. The second-order valence-corrected chi connectivity index (χ2v) is 12.2. The molecule has 0 bridgehead atoms. The van der Waals surface area contributed by atoms with Gasteiger partial charge in [0.1, 0.15) is 0 Å². The summed E-state index contributed by atoms with van der Waals surface area (Å²) in [5.41, 5.74) is 2.25. The number of nitrogens with one attached hydrogen (secondary N) is 1. The van der Waals surface area contributed by atoms with Gasteiger partial charge in [-0.2, -0.15) is 0 Å². The van der Waals surface area contributed by atoms with Gasteiger partial charge in [0.05, 0.1) is 12.2 Å². The van der Waals surface area contributed by atoms with Crippen molar-refractivity contribution in [1.82, 2.24) is 5.48 Å². The Morgan fingerprint density at radius 3 is 2.39 bits per heavy atom. The molecule has 4 saturated carbocycles. The van der Waals surface area contributed by atoms with Gasteiger partial charge in [-0.3, -0.25) is 10.0 Å². The van der Waals surface area contributed by atoms with Crippen molar-refractivity contribution < 1.29 is 20.2 Å². The van der Waals surface area contributed by atoms with E-state index in [9.17, 15) is 15.0 Å². The van der Waals surface area contributed by atoms with E-state index in [1.807, 2.05) is 0 Å². The first kappa shape index (κ1) is 23.5. The molecule has 0 aromatic rings. The van der Waals surface area contributed by atoms with Gasteiger partial charge in [0.25, 0.3) is 0 Å². The predicted molar refractivity (Wildman–Crippen MR) is 120 cm³/mol. The summed E-state index contributed by atoms with van der Waals surface area (Å²) >= 11 is 0. The third-order valence-electron chi connectivity index (χ3n) is 11.1. The highest BCUT2D eigenvalue weighted by Crippen LogP contribution is 2.69. The fourth-order valence-electron chi connectivity index (χ4n) is 9.55. The van der Waals surface area contributed by atoms with Crippen molar-refractivity contribution in [2.45, 2.75) is 104 Å². The highest BCUT2D eigenvalue weighted by atomic mass is 16.5. The van der Waals surface area contributed by atoms with Crippen LogP contribution in [0.3, 0.4) is 0 Å². The average Bonchev–Trinajstić information content (AvgIpc) is 3.10. The highest BCUT2D eigenvalue weighted by molar-refractivity contribution is 5.74. The van der Waals surface area contributed by atoms with Crippen molar-refractivity contribution in [3.63, 3.8) is 0 Å². The van der Waals surface area contributed by atoms with E-state index >= 15 is 0 Å². The number of amides is 1. The number of hydroxylamine groups is 1. The maximum atomic E-state index is 11.7. The molecule has 5 unspecified atom stereocenters. The van der Waals surface area contributed by atoms with Crippen LogP contribution in [0, 0.1) is 52.3 Å². The van der Waals surface area contributed by atoms with Gasteiger partial charge in [-0.05, 0) is 104 Å². The van der Waals surface area contributed by atoms with Crippen LogP contribution in [0.4, 0.5) is 0 Å². The molecule has 178 valence electrons. The monoisotopic (exact) mass is 435 g/mol. The first-order valence-electron chi connectivity index (χ1n) is 13.0. The summed E-state index contributed by atoms with van der Waals surface area (Å²) in [7, 11) is 0. The van der Waals surface area contributed by atoms with Crippen LogP contribution in [0.5, 0.6) is 0 Å². The van der Waals surface area contributed by atoms with E-state index in [2.05, 4.69) is 27.7 Å². The number of hydrogen-bond acceptors (Lipinski definition) is 4. The summed E-state index contributed by atoms with van der Waals surface area (Å²) in [6.07, 6.45) is 9.40. The van der Waals surface area contributed by atoms with Crippen molar-refractivity contribution in [3.05, 3.63) is 0 Å². The van der Waals surface area contributed by atoms with Crippen molar-refractivity contribution in [3.8, 4) is 0 Å². The zero-order valence-electron chi connectivity index (χ0n) is 20.0. The van der Waals surface area contributed by atoms with Gasteiger partial charge in [0.15, 0.2) is 0 Å². The number of aliphatic hydroxyl groups excluding tert-OH is 2. The second kappa shape index (κ2) is 8.61. The molecule has 0 aromatic carbocycles. The Labute approximate surface area is 188 Å². The SMILES string of the molecule is CC[C@H]1[C@@H](O)C2C3CCC(C(C)CCC(=O)NO)[C@@]3(C)CCC2[C@@]2(C)CC[C@@H](O)C[C@@H]12. The number of hydrogen-bond donors (Lipinski definition) is 4. The zero-order valence-corrected chi connectivity index (χ0v) is 20.0. The minimum Gasteiger partial charge on any atom is -0.393 e. The molecular weight excluding hydrogens is 390 g/mol. The van der Waals surface area contributed by atoms with Crippen molar-refractivity contribution in [2.24, 2.45) is 52.3 Å². The molecule has 4 N–H and O–H groups in total. The molecular formula is C26H45NO4. The molecule has 5 heteroatoms. The third-order valence-corrected chi connectivity index (χ3v) is 11.1. The molecule has 0 aromatic heterocycles. The summed E-state index contributed by atoms with van der Waals surface area (Å²) in [4.78, 5) is 11.6. The van der Waals surface area contributed by atoms with Crippen LogP contribution < -0.4 is 5.48 Å². The van der Waals surface area contributed by atoms with E-state index in [-0.39, 0.29) is 28.9 Å². The van der Waals surface area contributed by atoms with E-state index in [1.54, 1.807) is 5.48 Å². The van der Waals surface area contributed by atoms with Crippen molar-refractivity contribution in [2.75, 3.05) is 0 Å². The van der Waals surface area contributed by atoms with Crippen LogP contribution in [0.15, 0.2) is 0 Å². The summed E-state index contributed by atoms with van der Waals surface area (Å²) < 4.78 is 0. The summed E-state index contributed by atoms with van der Waals surface area (Å²) in [5, 5.41) is 31.0. The van der Waals surface area contributed by atoms with Crippen LogP contribution in [0.1, 0.15) is 91.9 Å². The van der Waals surface area contributed by atoms with Crippen LogP contribution in [-0.4, -0.2) is 33.5 Å². The molecule has 4 fully saturated rings. The molecule has 0 saturated heterocycles. The number of rotatable bonds is 5. The highest BCUT2D eigenvalue weighted by Gasteiger charge is 2.64. The summed E-state index contributed by atoms with van der Waals surface area (Å²) in [6, 6.07) is 0. The Bertz CT molecular complexity index is 670. The number of carbonyl (C=O) groups is 1. The van der Waals surface area contributed by atoms with Gasteiger partial charge in [0.2, 0.25) is 5.91 Å². The topological polar surface area (TPSA) is 89.8 Å². The van der Waals surface area contributed by atoms with E-state index in [1.165, 1.54) is 25.7 Å². The first-order chi connectivity index (χ1) is 14.7. The molecule has 4 rings (SSSR count). The lowest BCUT2D eigenvalue weighted by molar-refractivity contribution is -0.203. The van der Waals surface area contributed by atoms with Crippen LogP contribution in [-0.2, 0) is 4.79 Å². The number of aliphatic hydroxyl groups is 2.